The van der Waals surface area contributed by atoms with E-state index in [9.17, 15) is 4.79 Å². The van der Waals surface area contributed by atoms with E-state index in [2.05, 4.69) is 26.1 Å². The highest BCUT2D eigenvalue weighted by Crippen LogP contribution is 2.31. The molecule has 112 valence electrons. The van der Waals surface area contributed by atoms with Crippen LogP contribution in [-0.2, 0) is 16.6 Å². The molecule has 0 aliphatic heterocycles. The van der Waals surface area contributed by atoms with Crippen LogP contribution in [0.25, 0.3) is 0 Å². The normalized spacial score (nSPS) is 11.2. The second-order valence-electron chi connectivity index (χ2n) is 5.97. The Morgan fingerprint density at radius 1 is 1.29 bits per heavy atom. The second kappa shape index (κ2) is 6.31. The van der Waals surface area contributed by atoms with Crippen molar-refractivity contribution >= 4 is 22.9 Å². The average molecular weight is 303 g/mol. The molecule has 0 radical (unpaired) electrons. The van der Waals surface area contributed by atoms with E-state index in [1.165, 1.54) is 0 Å². The fraction of sp³-hybridized carbons (Fsp3) is 0.353. The maximum atomic E-state index is 12.1. The smallest absolute Gasteiger partial charge is 0.229 e. The number of methoxy groups -OCH3 is 1. The number of nitrogens with one attached hydrogen (secondary N) is 1. The van der Waals surface area contributed by atoms with Crippen LogP contribution in [0.4, 0.5) is 5.69 Å². The number of thiophene rings is 1. The van der Waals surface area contributed by atoms with Crippen LogP contribution in [0, 0.1) is 0 Å². The Labute approximate surface area is 130 Å². The Morgan fingerprint density at radius 2 is 2.05 bits per heavy atom. The van der Waals surface area contributed by atoms with Crippen LogP contribution in [-0.4, -0.2) is 13.0 Å². The molecule has 0 fully saturated rings. The van der Waals surface area contributed by atoms with Gasteiger partial charge in [0.25, 0.3) is 0 Å². The van der Waals surface area contributed by atoms with Crippen LogP contribution < -0.4 is 10.1 Å². The Hall–Kier alpha value is -1.81. The molecule has 1 amide bonds. The van der Waals surface area contributed by atoms with E-state index in [4.69, 9.17) is 4.74 Å². The van der Waals surface area contributed by atoms with Gasteiger partial charge in [-0.25, -0.2) is 0 Å². The first kappa shape index (κ1) is 15.6. The van der Waals surface area contributed by atoms with Crippen molar-refractivity contribution < 1.29 is 9.53 Å². The van der Waals surface area contributed by atoms with Crippen LogP contribution in [0.3, 0.4) is 0 Å². The summed E-state index contributed by atoms with van der Waals surface area (Å²) in [5, 5.41) is 4.93. The number of hydrogen-bond donors (Lipinski definition) is 1. The lowest BCUT2D eigenvalue weighted by Gasteiger charge is -2.21. The van der Waals surface area contributed by atoms with Gasteiger partial charge in [0.05, 0.1) is 19.2 Å². The van der Waals surface area contributed by atoms with Crippen LogP contribution in [0.5, 0.6) is 5.75 Å². The largest absolute Gasteiger partial charge is 0.495 e. The van der Waals surface area contributed by atoms with Crippen molar-refractivity contribution in [1.29, 1.82) is 0 Å². The number of amides is 1. The number of benzene rings is 1. The SMILES string of the molecule is COc1ccc(C(C)(C)C)cc1NC(=O)Cc1cccs1. The van der Waals surface area contributed by atoms with E-state index >= 15 is 0 Å². The summed E-state index contributed by atoms with van der Waals surface area (Å²) in [6.07, 6.45) is 0.389. The van der Waals surface area contributed by atoms with Crippen molar-refractivity contribution in [1.82, 2.24) is 0 Å². The molecule has 0 unspecified atom stereocenters. The first-order valence-electron chi connectivity index (χ1n) is 6.91. The zero-order valence-electron chi connectivity index (χ0n) is 12.9. The van der Waals surface area contributed by atoms with Crippen molar-refractivity contribution in [3.63, 3.8) is 0 Å². The minimum atomic E-state index is -0.0261. The third kappa shape index (κ3) is 4.08. The fourth-order valence-corrected chi connectivity index (χ4v) is 2.74. The number of rotatable bonds is 4. The molecule has 0 aliphatic rings. The van der Waals surface area contributed by atoms with Crippen LogP contribution >= 0.6 is 11.3 Å². The van der Waals surface area contributed by atoms with Crippen LogP contribution in [0.15, 0.2) is 35.7 Å². The Balaban J connectivity index is 2.19. The standard InChI is InChI=1S/C17H21NO2S/c1-17(2,3)12-7-8-15(20-4)14(10-12)18-16(19)11-13-6-5-9-21-13/h5-10H,11H2,1-4H3,(H,18,19). The molecule has 0 spiro atoms. The van der Waals surface area contributed by atoms with Crippen molar-refractivity contribution in [3.8, 4) is 5.75 Å². The van der Waals surface area contributed by atoms with Gasteiger partial charge in [-0.05, 0) is 34.6 Å². The molecule has 0 aliphatic carbocycles. The Bertz CT molecular complexity index is 612. The molecule has 2 aromatic rings. The summed E-state index contributed by atoms with van der Waals surface area (Å²) in [5.41, 5.74) is 1.92. The molecule has 4 heteroatoms. The molecule has 0 saturated heterocycles. The number of anilines is 1. The second-order valence-corrected chi connectivity index (χ2v) is 7.00. The molecule has 0 atom stereocenters. The van der Waals surface area contributed by atoms with Gasteiger partial charge in [0, 0.05) is 4.88 Å². The zero-order chi connectivity index (χ0) is 15.5. The van der Waals surface area contributed by atoms with Gasteiger partial charge in [-0.2, -0.15) is 0 Å². The first-order valence-corrected chi connectivity index (χ1v) is 7.79. The van der Waals surface area contributed by atoms with Gasteiger partial charge < -0.3 is 10.1 Å². The lowest BCUT2D eigenvalue weighted by Crippen LogP contribution is -2.16. The van der Waals surface area contributed by atoms with Gasteiger partial charge in [0.15, 0.2) is 0 Å². The molecular formula is C17H21NO2S. The number of hydrogen-bond acceptors (Lipinski definition) is 3. The Kier molecular flexibility index (Phi) is 4.68. The molecule has 1 aromatic heterocycles. The number of ether oxygens (including phenoxy) is 1. The predicted molar refractivity (Wildman–Crippen MR) is 88.3 cm³/mol. The van der Waals surface area contributed by atoms with E-state index in [0.717, 1.165) is 16.1 Å². The highest BCUT2D eigenvalue weighted by molar-refractivity contribution is 7.10. The van der Waals surface area contributed by atoms with Crippen molar-refractivity contribution in [2.24, 2.45) is 0 Å². The van der Waals surface area contributed by atoms with Gasteiger partial charge in [-0.1, -0.05) is 32.9 Å². The van der Waals surface area contributed by atoms with E-state index < -0.39 is 0 Å². The van der Waals surface area contributed by atoms with Crippen molar-refractivity contribution in [3.05, 3.63) is 46.2 Å². The maximum absolute atomic E-state index is 12.1. The van der Waals surface area contributed by atoms with E-state index in [1.807, 2.05) is 35.7 Å². The average Bonchev–Trinajstić information content (AvgIpc) is 2.90. The van der Waals surface area contributed by atoms with E-state index in [1.54, 1.807) is 18.4 Å². The van der Waals surface area contributed by atoms with E-state index in [-0.39, 0.29) is 11.3 Å². The summed E-state index contributed by atoms with van der Waals surface area (Å²) in [4.78, 5) is 13.2. The topological polar surface area (TPSA) is 38.3 Å². The molecule has 21 heavy (non-hydrogen) atoms. The summed E-state index contributed by atoms with van der Waals surface area (Å²) in [5.74, 6) is 0.657. The third-order valence-electron chi connectivity index (χ3n) is 3.25. The van der Waals surface area contributed by atoms with Gasteiger partial charge >= 0.3 is 0 Å². The number of carbonyl (C=O) groups is 1. The molecule has 1 heterocycles. The predicted octanol–water partition coefficient (Wildman–Crippen LogP) is 4.24. The summed E-state index contributed by atoms with van der Waals surface area (Å²) in [7, 11) is 1.61. The molecule has 1 N–H and O–H groups in total. The highest BCUT2D eigenvalue weighted by Gasteiger charge is 2.17. The minimum Gasteiger partial charge on any atom is -0.495 e. The lowest BCUT2D eigenvalue weighted by atomic mass is 9.87. The van der Waals surface area contributed by atoms with Crippen LogP contribution in [0.2, 0.25) is 0 Å². The summed E-state index contributed by atoms with van der Waals surface area (Å²) in [6.45, 7) is 6.43. The minimum absolute atomic E-state index is 0.0261. The molecular weight excluding hydrogens is 282 g/mol. The van der Waals surface area contributed by atoms with Gasteiger partial charge in [0.1, 0.15) is 5.75 Å². The molecule has 0 saturated carbocycles. The number of carbonyl (C=O) groups excluding carboxylic acids is 1. The quantitative estimate of drug-likeness (QED) is 0.917. The fourth-order valence-electron chi connectivity index (χ4n) is 2.04. The molecule has 3 nitrogen and oxygen atoms in total. The summed E-state index contributed by atoms with van der Waals surface area (Å²) < 4.78 is 5.34. The Morgan fingerprint density at radius 3 is 2.62 bits per heavy atom. The van der Waals surface area contributed by atoms with Gasteiger partial charge in [0.2, 0.25) is 5.91 Å². The van der Waals surface area contributed by atoms with Gasteiger partial charge in [-0.3, -0.25) is 4.79 Å². The summed E-state index contributed by atoms with van der Waals surface area (Å²) in [6, 6.07) is 9.85. The highest BCUT2D eigenvalue weighted by atomic mass is 32.1. The van der Waals surface area contributed by atoms with Crippen molar-refractivity contribution in [2.75, 3.05) is 12.4 Å². The maximum Gasteiger partial charge on any atom is 0.229 e. The van der Waals surface area contributed by atoms with E-state index in [0.29, 0.717) is 12.2 Å². The lowest BCUT2D eigenvalue weighted by molar-refractivity contribution is -0.115. The monoisotopic (exact) mass is 303 g/mol. The molecule has 1 aromatic carbocycles. The molecule has 2 rings (SSSR count). The van der Waals surface area contributed by atoms with Crippen LogP contribution in [0.1, 0.15) is 31.2 Å². The first-order chi connectivity index (χ1) is 9.90. The zero-order valence-corrected chi connectivity index (χ0v) is 13.7. The summed E-state index contributed by atoms with van der Waals surface area (Å²) >= 11 is 1.59. The third-order valence-corrected chi connectivity index (χ3v) is 4.13. The molecule has 0 bridgehead atoms. The van der Waals surface area contributed by atoms with Gasteiger partial charge in [-0.15, -0.1) is 11.3 Å². The van der Waals surface area contributed by atoms with Crippen molar-refractivity contribution in [2.45, 2.75) is 32.6 Å².